The van der Waals surface area contributed by atoms with Gasteiger partial charge in [-0.25, -0.2) is 14.1 Å². The van der Waals surface area contributed by atoms with E-state index in [0.717, 1.165) is 17.0 Å². The molecule has 1 spiro atoms. The van der Waals surface area contributed by atoms with Crippen LogP contribution in [0.5, 0.6) is 5.75 Å². The van der Waals surface area contributed by atoms with Crippen molar-refractivity contribution in [3.05, 3.63) is 29.6 Å². The number of hydrogen-bond donors (Lipinski definition) is 2. The quantitative estimate of drug-likeness (QED) is 0.746. The molecule has 24 heavy (non-hydrogen) atoms. The van der Waals surface area contributed by atoms with Gasteiger partial charge in [0, 0.05) is 18.4 Å². The molecule has 0 aliphatic carbocycles. The fourth-order valence-corrected chi connectivity index (χ4v) is 3.10. The summed E-state index contributed by atoms with van der Waals surface area (Å²) >= 11 is 0. The number of nitrogens with two attached hydrogens (primary N) is 1. The molecule has 1 aromatic carbocycles. The van der Waals surface area contributed by atoms with Crippen LogP contribution in [0.2, 0.25) is 0 Å². The number of rotatable bonds is 2. The van der Waals surface area contributed by atoms with Gasteiger partial charge in [-0.2, -0.15) is 0 Å². The minimum absolute atomic E-state index is 0.00477. The van der Waals surface area contributed by atoms with Gasteiger partial charge in [-0.1, -0.05) is 6.92 Å². The van der Waals surface area contributed by atoms with Crippen LogP contribution in [0, 0.1) is 5.82 Å². The summed E-state index contributed by atoms with van der Waals surface area (Å²) in [5.41, 5.74) is 3.42. The van der Waals surface area contributed by atoms with Crippen LogP contribution in [0.3, 0.4) is 0 Å². The molecule has 0 bridgehead atoms. The van der Waals surface area contributed by atoms with Crippen LogP contribution >= 0.6 is 0 Å². The van der Waals surface area contributed by atoms with E-state index in [4.69, 9.17) is 10.5 Å². The number of ether oxygens (including phenoxy) is 1. The van der Waals surface area contributed by atoms with E-state index in [9.17, 15) is 23.6 Å². The third kappa shape index (κ3) is 2.04. The summed E-state index contributed by atoms with van der Waals surface area (Å²) in [5.74, 6) is -2.98. The first kappa shape index (κ1) is 15.9. The van der Waals surface area contributed by atoms with Gasteiger partial charge >= 0.3 is 6.03 Å². The van der Waals surface area contributed by atoms with E-state index in [1.165, 1.54) is 13.0 Å². The van der Waals surface area contributed by atoms with E-state index in [1.54, 1.807) is 0 Å². The van der Waals surface area contributed by atoms with Gasteiger partial charge in [0.25, 0.3) is 11.8 Å². The van der Waals surface area contributed by atoms with Crippen molar-refractivity contribution in [1.29, 1.82) is 0 Å². The number of nitrogens with zero attached hydrogens (tertiary/aromatic N) is 1. The van der Waals surface area contributed by atoms with Crippen molar-refractivity contribution in [3.63, 3.8) is 0 Å². The third-order valence-corrected chi connectivity index (χ3v) is 4.19. The van der Waals surface area contributed by atoms with Crippen molar-refractivity contribution in [3.8, 4) is 5.75 Å². The van der Waals surface area contributed by atoms with Crippen LogP contribution in [-0.2, 0) is 19.9 Å². The predicted octanol–water partition coefficient (Wildman–Crippen LogP) is 0.146. The first-order chi connectivity index (χ1) is 11.3. The summed E-state index contributed by atoms with van der Waals surface area (Å²) in [7, 11) is 0. The standard InChI is InChI=1S/C15H14FN3O5/c1-2-11(20)19-14(23)18-13(22)15(19)6-10(12(17)21)24-9-4-3-7(16)5-8(9)15/h3-5,10H,2,6H2,1H3,(H2,17,21)(H,18,22,23). The lowest BCUT2D eigenvalue weighted by Crippen LogP contribution is -2.56. The predicted molar refractivity (Wildman–Crippen MR) is 77.0 cm³/mol. The van der Waals surface area contributed by atoms with Gasteiger partial charge in [0.2, 0.25) is 5.91 Å². The third-order valence-electron chi connectivity index (χ3n) is 4.19. The molecule has 1 fully saturated rings. The number of nitrogens with one attached hydrogen (secondary N) is 1. The maximum atomic E-state index is 13.8. The zero-order chi connectivity index (χ0) is 17.6. The number of carbonyl (C=O) groups is 4. The van der Waals surface area contributed by atoms with E-state index >= 15 is 0 Å². The molecule has 8 nitrogen and oxygen atoms in total. The highest BCUT2D eigenvalue weighted by Gasteiger charge is 2.61. The molecule has 9 heteroatoms. The molecule has 1 aromatic rings. The Morgan fingerprint density at radius 2 is 2.17 bits per heavy atom. The number of amides is 5. The van der Waals surface area contributed by atoms with E-state index in [2.05, 4.69) is 5.32 Å². The van der Waals surface area contributed by atoms with Crippen molar-refractivity contribution in [2.75, 3.05) is 0 Å². The molecule has 2 atom stereocenters. The summed E-state index contributed by atoms with van der Waals surface area (Å²) in [5, 5.41) is 2.06. The summed E-state index contributed by atoms with van der Waals surface area (Å²) in [6.07, 6.45) is -1.68. The summed E-state index contributed by atoms with van der Waals surface area (Å²) in [4.78, 5) is 49.3. The maximum Gasteiger partial charge on any atom is 0.332 e. The maximum absolute atomic E-state index is 13.8. The highest BCUT2D eigenvalue weighted by Crippen LogP contribution is 2.46. The minimum Gasteiger partial charge on any atom is -0.480 e. The number of benzene rings is 1. The van der Waals surface area contributed by atoms with Gasteiger partial charge in [0.15, 0.2) is 11.6 Å². The van der Waals surface area contributed by atoms with Crippen molar-refractivity contribution < 1.29 is 28.3 Å². The second-order valence-electron chi connectivity index (χ2n) is 5.56. The van der Waals surface area contributed by atoms with E-state index in [1.807, 2.05) is 0 Å². The Hall–Kier alpha value is -2.97. The average Bonchev–Trinajstić information content (AvgIpc) is 2.78. The first-order valence-electron chi connectivity index (χ1n) is 7.25. The van der Waals surface area contributed by atoms with Gasteiger partial charge in [-0.15, -0.1) is 0 Å². The molecule has 2 heterocycles. The van der Waals surface area contributed by atoms with E-state index in [0.29, 0.717) is 0 Å². The van der Waals surface area contributed by atoms with Crippen molar-refractivity contribution >= 4 is 23.8 Å². The van der Waals surface area contributed by atoms with Gasteiger partial charge in [0.05, 0.1) is 0 Å². The number of primary amides is 1. The molecular formula is C15H14FN3O5. The minimum atomic E-state index is -1.86. The molecule has 2 unspecified atom stereocenters. The Bertz CT molecular complexity index is 780. The van der Waals surface area contributed by atoms with Crippen LogP contribution in [-0.4, -0.2) is 34.8 Å². The Morgan fingerprint density at radius 1 is 1.46 bits per heavy atom. The molecule has 3 rings (SSSR count). The molecule has 0 radical (unpaired) electrons. The molecule has 0 saturated carbocycles. The summed E-state index contributed by atoms with van der Waals surface area (Å²) in [6, 6.07) is 2.40. The molecular weight excluding hydrogens is 321 g/mol. The second kappa shape index (κ2) is 5.29. The van der Waals surface area contributed by atoms with Crippen molar-refractivity contribution in [1.82, 2.24) is 10.2 Å². The summed E-state index contributed by atoms with van der Waals surface area (Å²) < 4.78 is 19.2. The molecule has 2 aliphatic heterocycles. The number of hydrogen-bond acceptors (Lipinski definition) is 5. The Balaban J connectivity index is 2.28. The summed E-state index contributed by atoms with van der Waals surface area (Å²) in [6.45, 7) is 1.52. The van der Waals surface area contributed by atoms with Gasteiger partial charge in [-0.3, -0.25) is 19.7 Å². The lowest BCUT2D eigenvalue weighted by Gasteiger charge is -2.40. The van der Waals surface area contributed by atoms with Crippen LogP contribution in [0.1, 0.15) is 25.3 Å². The van der Waals surface area contributed by atoms with Crippen LogP contribution in [0.25, 0.3) is 0 Å². The molecule has 126 valence electrons. The lowest BCUT2D eigenvalue weighted by atomic mass is 9.80. The molecule has 5 amide bonds. The van der Waals surface area contributed by atoms with Crippen LogP contribution < -0.4 is 15.8 Å². The monoisotopic (exact) mass is 335 g/mol. The van der Waals surface area contributed by atoms with E-state index < -0.39 is 41.2 Å². The normalized spacial score (nSPS) is 25.2. The first-order valence-corrected chi connectivity index (χ1v) is 7.25. The molecule has 3 N–H and O–H groups in total. The smallest absolute Gasteiger partial charge is 0.332 e. The van der Waals surface area contributed by atoms with Gasteiger partial charge < -0.3 is 10.5 Å². The number of imide groups is 2. The van der Waals surface area contributed by atoms with Crippen LogP contribution in [0.15, 0.2) is 18.2 Å². The lowest BCUT2D eigenvalue weighted by molar-refractivity contribution is -0.144. The van der Waals surface area contributed by atoms with Gasteiger partial charge in [-0.05, 0) is 18.2 Å². The SMILES string of the molecule is CCC(=O)N1C(=O)NC(=O)C12CC(C(N)=O)Oc1ccc(F)cc12. The van der Waals surface area contributed by atoms with Gasteiger partial charge in [0.1, 0.15) is 11.6 Å². The number of urea groups is 1. The Kier molecular flexibility index (Phi) is 3.51. The zero-order valence-corrected chi connectivity index (χ0v) is 12.7. The van der Waals surface area contributed by atoms with Crippen molar-refractivity contribution in [2.24, 2.45) is 5.73 Å². The fourth-order valence-electron chi connectivity index (χ4n) is 3.10. The Morgan fingerprint density at radius 3 is 2.79 bits per heavy atom. The largest absolute Gasteiger partial charge is 0.480 e. The highest BCUT2D eigenvalue weighted by atomic mass is 19.1. The number of carbonyl (C=O) groups excluding carboxylic acids is 4. The molecule has 2 aliphatic rings. The van der Waals surface area contributed by atoms with Crippen molar-refractivity contribution in [2.45, 2.75) is 31.4 Å². The van der Waals surface area contributed by atoms with E-state index in [-0.39, 0.29) is 24.2 Å². The second-order valence-corrected chi connectivity index (χ2v) is 5.56. The average molecular weight is 335 g/mol. The zero-order valence-electron chi connectivity index (χ0n) is 12.7. The Labute approximate surface area is 135 Å². The highest BCUT2D eigenvalue weighted by molar-refractivity contribution is 6.15. The molecule has 0 aromatic heterocycles. The van der Waals surface area contributed by atoms with Crippen LogP contribution in [0.4, 0.5) is 9.18 Å². The topological polar surface area (TPSA) is 119 Å². The molecule has 1 saturated heterocycles. The number of fused-ring (bicyclic) bond motifs is 2. The fraction of sp³-hybridized carbons (Fsp3) is 0.333. The number of halogens is 1.